The van der Waals surface area contributed by atoms with Crippen molar-refractivity contribution < 1.29 is 0 Å². The van der Waals surface area contributed by atoms with Crippen LogP contribution in [0.15, 0.2) is 176 Å². The minimum absolute atomic E-state index is 0.171. The Labute approximate surface area is 315 Å². The lowest BCUT2D eigenvalue weighted by molar-refractivity contribution is 0.403. The molecule has 0 fully saturated rings. The number of hydrogen-bond acceptors (Lipinski definition) is 2. The van der Waals surface area contributed by atoms with E-state index in [0.717, 1.165) is 32.1 Å². The maximum absolute atomic E-state index is 2.71. The highest BCUT2D eigenvalue weighted by molar-refractivity contribution is 8.07. The van der Waals surface area contributed by atoms with Crippen molar-refractivity contribution in [1.82, 2.24) is 4.57 Å². The summed E-state index contributed by atoms with van der Waals surface area (Å²) in [5.41, 5.74) is 13.2. The molecular formula is C49H41NS2. The second kappa shape index (κ2) is 12.3. The Balaban J connectivity index is 1.14. The molecule has 4 aromatic carbocycles. The average Bonchev–Trinajstić information content (AvgIpc) is 3.56. The van der Waals surface area contributed by atoms with Crippen LogP contribution in [0.1, 0.15) is 78.3 Å². The van der Waals surface area contributed by atoms with E-state index in [-0.39, 0.29) is 5.41 Å². The normalized spacial score (nSPS) is 25.8. The highest BCUT2D eigenvalue weighted by atomic mass is 32.2. The summed E-state index contributed by atoms with van der Waals surface area (Å²) < 4.78 is 2.60. The minimum Gasteiger partial charge on any atom is -0.313 e. The predicted molar refractivity (Wildman–Crippen MR) is 220 cm³/mol. The van der Waals surface area contributed by atoms with E-state index >= 15 is 0 Å². The summed E-state index contributed by atoms with van der Waals surface area (Å²) in [4.78, 5) is 6.06. The van der Waals surface area contributed by atoms with Crippen LogP contribution in [-0.4, -0.2) is 4.57 Å². The third-order valence-corrected chi connectivity index (χ3v) is 15.1. The van der Waals surface area contributed by atoms with Crippen molar-refractivity contribution in [3.05, 3.63) is 199 Å². The van der Waals surface area contributed by atoms with Crippen LogP contribution < -0.4 is 0 Å². The molecule has 6 aliphatic rings. The summed E-state index contributed by atoms with van der Waals surface area (Å²) in [6.45, 7) is 0. The number of nitrogens with zero attached hydrogens (tertiary/aromatic N) is 1. The van der Waals surface area contributed by atoms with Gasteiger partial charge in [0.05, 0.1) is 10.9 Å². The van der Waals surface area contributed by atoms with Gasteiger partial charge in [-0.25, -0.2) is 0 Å². The second-order valence-corrected chi connectivity index (χ2v) is 17.5. The number of aryl methyl sites for hydroxylation is 1. The lowest BCUT2D eigenvalue weighted by Gasteiger charge is -2.53. The molecule has 4 aliphatic carbocycles. The Morgan fingerprint density at radius 3 is 2.52 bits per heavy atom. The van der Waals surface area contributed by atoms with Gasteiger partial charge in [-0.05, 0) is 112 Å². The fourth-order valence-electron chi connectivity index (χ4n) is 10.5. The van der Waals surface area contributed by atoms with Crippen molar-refractivity contribution in [1.29, 1.82) is 0 Å². The molecule has 0 radical (unpaired) electrons. The van der Waals surface area contributed by atoms with Gasteiger partial charge in [0.1, 0.15) is 0 Å². The van der Waals surface area contributed by atoms with Gasteiger partial charge in [0, 0.05) is 44.3 Å². The topological polar surface area (TPSA) is 4.93 Å². The number of aromatic nitrogens is 1. The van der Waals surface area contributed by atoms with Crippen LogP contribution in [-0.2, 0) is 11.8 Å². The molecule has 1 aromatic heterocycles. The van der Waals surface area contributed by atoms with Gasteiger partial charge in [0.2, 0.25) is 0 Å². The van der Waals surface area contributed by atoms with Gasteiger partial charge < -0.3 is 4.57 Å². The summed E-state index contributed by atoms with van der Waals surface area (Å²) in [6, 6.07) is 39.1. The number of hydrogen-bond donors (Lipinski definition) is 0. The van der Waals surface area contributed by atoms with Gasteiger partial charge in [-0.15, -0.1) is 0 Å². The first kappa shape index (κ1) is 31.1. The van der Waals surface area contributed by atoms with Gasteiger partial charge >= 0.3 is 0 Å². The molecule has 0 saturated carbocycles. The quantitative estimate of drug-likeness (QED) is 0.184. The lowest BCUT2D eigenvalue weighted by atomic mass is 9.56. The molecule has 0 N–H and O–H groups in total. The fourth-order valence-corrected chi connectivity index (χ4v) is 13.2. The smallest absolute Gasteiger partial charge is 0.0534 e. The number of para-hydroxylation sites is 2. The summed E-state index contributed by atoms with van der Waals surface area (Å²) >= 11 is 4.12. The van der Waals surface area contributed by atoms with E-state index in [2.05, 4.69) is 162 Å². The first-order valence-electron chi connectivity index (χ1n) is 19.2. The van der Waals surface area contributed by atoms with Crippen LogP contribution >= 0.6 is 23.5 Å². The van der Waals surface area contributed by atoms with Crippen molar-refractivity contribution in [3.63, 3.8) is 0 Å². The van der Waals surface area contributed by atoms with E-state index in [4.69, 9.17) is 0 Å². The zero-order valence-corrected chi connectivity index (χ0v) is 30.9. The summed E-state index contributed by atoms with van der Waals surface area (Å²) in [7, 11) is 0. The van der Waals surface area contributed by atoms with Gasteiger partial charge in [-0.2, -0.15) is 0 Å². The number of fused-ring (bicyclic) bond motifs is 9. The summed E-state index contributed by atoms with van der Waals surface area (Å²) in [5.74, 6) is 1.15. The van der Waals surface area contributed by atoms with Crippen LogP contribution in [0.2, 0.25) is 0 Å². The largest absolute Gasteiger partial charge is 0.313 e. The monoisotopic (exact) mass is 707 g/mol. The van der Waals surface area contributed by atoms with E-state index < -0.39 is 0 Å². The van der Waals surface area contributed by atoms with E-state index in [9.17, 15) is 0 Å². The Hall–Kier alpha value is -4.44. The molecule has 11 rings (SSSR count). The predicted octanol–water partition coefficient (Wildman–Crippen LogP) is 13.3. The maximum Gasteiger partial charge on any atom is 0.0534 e. The molecule has 0 saturated heterocycles. The molecule has 1 nitrogen and oxygen atoms in total. The van der Waals surface area contributed by atoms with Gasteiger partial charge in [-0.1, -0.05) is 145 Å². The van der Waals surface area contributed by atoms with Crippen molar-refractivity contribution in [3.8, 4) is 5.69 Å². The molecule has 4 atom stereocenters. The highest BCUT2D eigenvalue weighted by Crippen LogP contribution is 2.67. The number of benzene rings is 4. The molecule has 2 aliphatic heterocycles. The van der Waals surface area contributed by atoms with Gasteiger partial charge in [-0.3, -0.25) is 0 Å². The van der Waals surface area contributed by atoms with Crippen LogP contribution in [0.4, 0.5) is 0 Å². The Kier molecular flexibility index (Phi) is 7.37. The Morgan fingerprint density at radius 2 is 1.62 bits per heavy atom. The SMILES string of the molecule is C1=CCC2C(=C1)SC1=C(CCC=C1)C21C2=C(CC(c3ccccc3)C=C2)Sc2ccc(C3CCCc4c3n(-c3ccccc3)c3ccccc43)cc21. The molecule has 0 amide bonds. The zero-order chi connectivity index (χ0) is 34.2. The van der Waals surface area contributed by atoms with Crippen molar-refractivity contribution >= 4 is 34.4 Å². The van der Waals surface area contributed by atoms with Gasteiger partial charge in [0.15, 0.2) is 0 Å². The summed E-state index contributed by atoms with van der Waals surface area (Å²) in [6.07, 6.45) is 25.1. The van der Waals surface area contributed by atoms with E-state index in [1.54, 1.807) is 27.2 Å². The third kappa shape index (κ3) is 4.58. The molecule has 1 spiro atoms. The third-order valence-electron chi connectivity index (χ3n) is 12.7. The molecule has 5 aromatic rings. The fraction of sp³-hybridized carbons (Fsp3) is 0.224. The number of rotatable bonds is 3. The van der Waals surface area contributed by atoms with E-state index in [0.29, 0.717) is 17.8 Å². The van der Waals surface area contributed by atoms with E-state index in [1.165, 1.54) is 61.0 Å². The average molecular weight is 708 g/mol. The van der Waals surface area contributed by atoms with Crippen molar-refractivity contribution in [2.45, 2.75) is 67.1 Å². The minimum atomic E-state index is -0.171. The lowest BCUT2D eigenvalue weighted by Crippen LogP contribution is -2.45. The van der Waals surface area contributed by atoms with E-state index in [1.807, 2.05) is 11.8 Å². The molecule has 4 unspecified atom stereocenters. The first-order valence-corrected chi connectivity index (χ1v) is 20.8. The summed E-state index contributed by atoms with van der Waals surface area (Å²) in [5, 5.41) is 1.42. The van der Waals surface area contributed by atoms with Crippen LogP contribution in [0.3, 0.4) is 0 Å². The Morgan fingerprint density at radius 1 is 0.769 bits per heavy atom. The van der Waals surface area contributed by atoms with Gasteiger partial charge in [0.25, 0.3) is 0 Å². The molecule has 0 bridgehead atoms. The number of thioether (sulfide) groups is 2. The first-order chi connectivity index (χ1) is 25.8. The molecule has 254 valence electrons. The molecular weight excluding hydrogens is 667 g/mol. The van der Waals surface area contributed by atoms with Crippen LogP contribution in [0, 0.1) is 5.92 Å². The molecule has 3 heterocycles. The molecule has 3 heteroatoms. The van der Waals surface area contributed by atoms with Crippen LogP contribution in [0.25, 0.3) is 16.6 Å². The Bertz CT molecular complexity index is 2450. The maximum atomic E-state index is 2.71. The van der Waals surface area contributed by atoms with Crippen molar-refractivity contribution in [2.24, 2.45) is 5.92 Å². The highest BCUT2D eigenvalue weighted by Gasteiger charge is 2.55. The molecule has 52 heavy (non-hydrogen) atoms. The number of allylic oxidation sites excluding steroid dienone is 11. The van der Waals surface area contributed by atoms with Crippen LogP contribution in [0.5, 0.6) is 0 Å². The standard InChI is InChI=1S/C49H41NS2/c1-3-14-32(15-4-1)33-26-28-41-47(31-33)52-46-29-27-34(30-42(46)49(41)39-21-8-11-24-44(39)51-45-25-12-9-22-40(45)49)36-19-13-20-38-37-18-7-10-23-43(37)50(48(36)38)35-16-5-2-6-17-35/h1-8,10-12,14-18,23-30,33,36,39H,9,13,19-22,31H2. The van der Waals surface area contributed by atoms with Crippen molar-refractivity contribution in [2.75, 3.05) is 0 Å². The second-order valence-electron chi connectivity index (χ2n) is 15.3. The zero-order valence-electron chi connectivity index (χ0n) is 29.3.